The average molecular weight is 343 g/mol. The van der Waals surface area contributed by atoms with Crippen molar-refractivity contribution in [1.29, 1.82) is 0 Å². The minimum Gasteiger partial charge on any atom is -0.497 e. The van der Waals surface area contributed by atoms with Gasteiger partial charge in [0, 0.05) is 18.7 Å². The van der Waals surface area contributed by atoms with E-state index in [0.717, 1.165) is 37.1 Å². The number of rotatable bonds is 5. The lowest BCUT2D eigenvalue weighted by Gasteiger charge is -2.23. The van der Waals surface area contributed by atoms with Gasteiger partial charge in [0.2, 0.25) is 11.7 Å². The molecule has 4 rings (SSSR count). The topological polar surface area (TPSA) is 88.7 Å². The second-order valence-corrected chi connectivity index (χ2v) is 6.96. The van der Waals surface area contributed by atoms with E-state index < -0.39 is 11.4 Å². The summed E-state index contributed by atoms with van der Waals surface area (Å²) in [7, 11) is 1.62. The standard InChI is InChI=1S/C18H21N3O4/c1-24-14-6-4-12(5-7-14)16-19-15(25-20-16)10-21-9-13-3-2-8-18(13,11-21)17(22)23/h4-7,13H,2-3,8-11H2,1H3,(H,22,23)/t13-,18+/m0/s1. The summed E-state index contributed by atoms with van der Waals surface area (Å²) in [5, 5.41) is 13.7. The van der Waals surface area contributed by atoms with Crippen molar-refractivity contribution in [3.05, 3.63) is 30.2 Å². The van der Waals surface area contributed by atoms with Crippen LogP contribution in [0.3, 0.4) is 0 Å². The van der Waals surface area contributed by atoms with E-state index in [9.17, 15) is 9.90 Å². The van der Waals surface area contributed by atoms with Crippen LogP contribution in [0.15, 0.2) is 28.8 Å². The van der Waals surface area contributed by atoms with Crippen molar-refractivity contribution in [1.82, 2.24) is 15.0 Å². The number of hydrogen-bond acceptors (Lipinski definition) is 6. The predicted molar refractivity (Wildman–Crippen MR) is 89.0 cm³/mol. The summed E-state index contributed by atoms with van der Waals surface area (Å²) in [6.07, 6.45) is 2.77. The highest BCUT2D eigenvalue weighted by atomic mass is 16.5. The third-order valence-corrected chi connectivity index (χ3v) is 5.54. The Balaban J connectivity index is 1.46. The first-order chi connectivity index (χ1) is 12.1. The maximum Gasteiger partial charge on any atom is 0.311 e. The summed E-state index contributed by atoms with van der Waals surface area (Å²) in [6, 6.07) is 7.47. The Morgan fingerprint density at radius 2 is 2.24 bits per heavy atom. The number of nitrogens with zero attached hydrogens (tertiary/aromatic N) is 3. The van der Waals surface area contributed by atoms with Gasteiger partial charge in [0.15, 0.2) is 0 Å². The number of carboxylic acid groups (broad SMARTS) is 1. The van der Waals surface area contributed by atoms with Gasteiger partial charge < -0.3 is 14.4 Å². The Morgan fingerprint density at radius 3 is 2.92 bits per heavy atom. The van der Waals surface area contributed by atoms with Gasteiger partial charge in [-0.2, -0.15) is 4.98 Å². The first-order valence-electron chi connectivity index (χ1n) is 8.53. The van der Waals surface area contributed by atoms with Crippen molar-refractivity contribution in [2.75, 3.05) is 20.2 Å². The highest BCUT2D eigenvalue weighted by Crippen LogP contribution is 2.49. The van der Waals surface area contributed by atoms with E-state index in [4.69, 9.17) is 9.26 Å². The van der Waals surface area contributed by atoms with E-state index in [2.05, 4.69) is 15.0 Å². The van der Waals surface area contributed by atoms with Gasteiger partial charge >= 0.3 is 5.97 Å². The van der Waals surface area contributed by atoms with Crippen LogP contribution in [0.4, 0.5) is 0 Å². The zero-order valence-corrected chi connectivity index (χ0v) is 14.1. The first-order valence-corrected chi connectivity index (χ1v) is 8.53. The molecule has 132 valence electrons. The number of aliphatic carboxylic acids is 1. The summed E-state index contributed by atoms with van der Waals surface area (Å²) in [4.78, 5) is 18.3. The van der Waals surface area contributed by atoms with Gasteiger partial charge in [-0.15, -0.1) is 0 Å². The van der Waals surface area contributed by atoms with E-state index in [-0.39, 0.29) is 5.92 Å². The molecule has 0 unspecified atom stereocenters. The molecule has 0 radical (unpaired) electrons. The summed E-state index contributed by atoms with van der Waals surface area (Å²) < 4.78 is 10.5. The molecule has 7 heteroatoms. The molecule has 1 saturated heterocycles. The molecule has 1 aromatic carbocycles. The average Bonchev–Trinajstić information content (AvgIpc) is 3.29. The molecule has 2 fully saturated rings. The summed E-state index contributed by atoms with van der Waals surface area (Å²) >= 11 is 0. The molecule has 1 saturated carbocycles. The second kappa shape index (κ2) is 6.15. The van der Waals surface area contributed by atoms with E-state index >= 15 is 0 Å². The van der Waals surface area contributed by atoms with E-state index in [1.54, 1.807) is 7.11 Å². The van der Waals surface area contributed by atoms with E-state index in [0.29, 0.717) is 24.8 Å². The quantitative estimate of drug-likeness (QED) is 0.892. The van der Waals surface area contributed by atoms with Crippen molar-refractivity contribution in [2.45, 2.75) is 25.8 Å². The molecule has 1 aromatic heterocycles. The fourth-order valence-corrected chi connectivity index (χ4v) is 4.23. The van der Waals surface area contributed by atoms with Gasteiger partial charge in [-0.1, -0.05) is 11.6 Å². The zero-order chi connectivity index (χ0) is 17.4. The number of hydrogen-bond donors (Lipinski definition) is 1. The second-order valence-electron chi connectivity index (χ2n) is 6.96. The van der Waals surface area contributed by atoms with Crippen LogP contribution in [0.5, 0.6) is 5.75 Å². The summed E-state index contributed by atoms with van der Waals surface area (Å²) in [6.45, 7) is 1.84. The molecule has 0 bridgehead atoms. The molecular weight excluding hydrogens is 322 g/mol. The maximum atomic E-state index is 11.8. The third-order valence-electron chi connectivity index (χ3n) is 5.54. The lowest BCUT2D eigenvalue weighted by molar-refractivity contribution is -0.149. The smallest absolute Gasteiger partial charge is 0.311 e. The van der Waals surface area contributed by atoms with Crippen LogP contribution in [-0.4, -0.2) is 46.3 Å². The van der Waals surface area contributed by atoms with E-state index in [1.165, 1.54) is 0 Å². The van der Waals surface area contributed by atoms with Crippen LogP contribution < -0.4 is 4.74 Å². The third kappa shape index (κ3) is 2.78. The van der Waals surface area contributed by atoms with Gasteiger partial charge in [0.25, 0.3) is 0 Å². The molecule has 1 aliphatic heterocycles. The van der Waals surface area contributed by atoms with Crippen LogP contribution in [0.25, 0.3) is 11.4 Å². The van der Waals surface area contributed by atoms with Crippen LogP contribution >= 0.6 is 0 Å². The molecular formula is C18H21N3O4. The van der Waals surface area contributed by atoms with Gasteiger partial charge in [0.05, 0.1) is 19.1 Å². The monoisotopic (exact) mass is 343 g/mol. The fraction of sp³-hybridized carbons (Fsp3) is 0.500. The normalized spacial score (nSPS) is 25.9. The lowest BCUT2D eigenvalue weighted by Crippen LogP contribution is -2.35. The molecule has 0 spiro atoms. The number of carbonyl (C=O) groups is 1. The number of likely N-dealkylation sites (tertiary alicyclic amines) is 1. The highest BCUT2D eigenvalue weighted by Gasteiger charge is 2.54. The van der Waals surface area contributed by atoms with Gasteiger partial charge in [-0.3, -0.25) is 9.69 Å². The van der Waals surface area contributed by atoms with Crippen LogP contribution in [0.2, 0.25) is 0 Å². The number of fused-ring (bicyclic) bond motifs is 1. The number of carboxylic acids is 1. The predicted octanol–water partition coefficient (Wildman–Crippen LogP) is 2.43. The van der Waals surface area contributed by atoms with Gasteiger partial charge in [-0.25, -0.2) is 0 Å². The Hall–Kier alpha value is -2.41. The molecule has 7 nitrogen and oxygen atoms in total. The zero-order valence-electron chi connectivity index (χ0n) is 14.1. The Kier molecular flexibility index (Phi) is 3.95. The van der Waals surface area contributed by atoms with Crippen molar-refractivity contribution in [3.63, 3.8) is 0 Å². The molecule has 2 heterocycles. The molecule has 1 N–H and O–H groups in total. The van der Waals surface area contributed by atoms with Crippen LogP contribution in [0.1, 0.15) is 25.2 Å². The molecule has 2 aliphatic rings. The molecule has 1 aliphatic carbocycles. The van der Waals surface area contributed by atoms with Crippen molar-refractivity contribution >= 4 is 5.97 Å². The molecule has 2 aromatic rings. The van der Waals surface area contributed by atoms with Gasteiger partial charge in [-0.05, 0) is 43.0 Å². The number of ether oxygens (including phenoxy) is 1. The molecule has 0 amide bonds. The van der Waals surface area contributed by atoms with Crippen molar-refractivity contribution in [3.8, 4) is 17.1 Å². The highest BCUT2D eigenvalue weighted by molar-refractivity contribution is 5.76. The minimum absolute atomic E-state index is 0.231. The Labute approximate surface area is 145 Å². The van der Waals surface area contributed by atoms with Crippen molar-refractivity contribution < 1.29 is 19.2 Å². The largest absolute Gasteiger partial charge is 0.497 e. The maximum absolute atomic E-state index is 11.8. The summed E-state index contributed by atoms with van der Waals surface area (Å²) in [5.41, 5.74) is 0.273. The first kappa shape index (κ1) is 16.1. The Morgan fingerprint density at radius 1 is 1.44 bits per heavy atom. The molecule has 2 atom stereocenters. The minimum atomic E-state index is -0.665. The Bertz CT molecular complexity index is 773. The number of aromatic nitrogens is 2. The number of benzene rings is 1. The van der Waals surface area contributed by atoms with Gasteiger partial charge in [0.1, 0.15) is 5.75 Å². The summed E-state index contributed by atoms with van der Waals surface area (Å²) in [5.74, 6) is 1.39. The number of methoxy groups -OCH3 is 1. The van der Waals surface area contributed by atoms with Crippen LogP contribution in [0, 0.1) is 11.3 Å². The van der Waals surface area contributed by atoms with E-state index in [1.807, 2.05) is 24.3 Å². The van der Waals surface area contributed by atoms with Crippen LogP contribution in [-0.2, 0) is 11.3 Å². The molecule has 25 heavy (non-hydrogen) atoms. The van der Waals surface area contributed by atoms with Crippen molar-refractivity contribution in [2.24, 2.45) is 11.3 Å². The SMILES string of the molecule is COc1ccc(-c2noc(CN3C[C@@H]4CCC[C@@]4(C(=O)O)C3)n2)cc1. The fourth-order valence-electron chi connectivity index (χ4n) is 4.23. The lowest BCUT2D eigenvalue weighted by atomic mass is 9.81.